The molecule has 0 saturated heterocycles. The highest BCUT2D eigenvalue weighted by atomic mass is 33.1. The molecule has 0 saturated carbocycles. The number of nitrogens with zero attached hydrogens (tertiary/aromatic N) is 3. The Morgan fingerprint density at radius 2 is 1.37 bits per heavy atom. The van der Waals surface area contributed by atoms with Crippen molar-refractivity contribution in [3.05, 3.63) is 153 Å². The maximum absolute atomic E-state index is 14.3. The molecule has 0 spiro atoms. The second kappa shape index (κ2) is 24.4. The van der Waals surface area contributed by atoms with Gasteiger partial charge >= 0.3 is 0 Å². The number of benzene rings is 5. The number of methoxy groups -OCH3 is 1. The first-order valence-electron chi connectivity index (χ1n) is 27.4. The zero-order valence-electron chi connectivity index (χ0n) is 46.5. The average molecular weight is 1220 g/mol. The quantitative estimate of drug-likeness (QED) is 0.0224. The van der Waals surface area contributed by atoms with Crippen LogP contribution in [0.25, 0.3) is 0 Å². The molecular weight excluding hydrogens is 1160 g/mol. The van der Waals surface area contributed by atoms with E-state index in [0.29, 0.717) is 74.8 Å². The van der Waals surface area contributed by atoms with E-state index in [1.54, 1.807) is 49.4 Å². The maximum atomic E-state index is 14.3. The molecule has 5 aliphatic rings. The molecule has 5 aromatic carbocycles. The van der Waals surface area contributed by atoms with Crippen LogP contribution in [0.1, 0.15) is 99.2 Å². The number of hydrogen-bond acceptors (Lipinski definition) is 15. The van der Waals surface area contributed by atoms with E-state index in [9.17, 15) is 54.7 Å². The van der Waals surface area contributed by atoms with E-state index in [-0.39, 0.29) is 81.5 Å². The number of ether oxygens (including phenoxy) is 3. The minimum absolute atomic E-state index is 0.000933. The third kappa shape index (κ3) is 13.0. The number of fused-ring (bicyclic) bond motifs is 8. The highest BCUT2D eigenvalue weighted by Gasteiger charge is 2.47. The molecule has 4 atom stereocenters. The van der Waals surface area contributed by atoms with Crippen LogP contribution >= 0.6 is 21.6 Å². The lowest BCUT2D eigenvalue weighted by Gasteiger charge is -2.27. The molecule has 5 heterocycles. The second-order valence-electron chi connectivity index (χ2n) is 22.0. The molecule has 6 amide bonds. The molecule has 2 unspecified atom stereocenters. The molecule has 442 valence electrons. The number of carbonyl (C=O) groups excluding carboxylic acids is 6. The number of nitrogens with one attached hydrogen (secondary N) is 2. The summed E-state index contributed by atoms with van der Waals surface area (Å²) in [5.74, 6) is -1.60. The van der Waals surface area contributed by atoms with E-state index >= 15 is 0 Å². The van der Waals surface area contributed by atoms with E-state index in [2.05, 4.69) is 16.7 Å². The standard InChI is InChI=1S/C60H63N5O15S4/c1-35-23-44-41(31-53(84(75,76)77)48-28-40-10-6-8-12-47(40)65(48)59(44)71)30-49(35)79-33-36-24-37(34-80-51-29-38-13-14-43-27-39-9-5-7-11-46(39)64(43)58(70)45(38)32-50(51)78-4)26-42(25-36)62-54(66)17-19-60(2,3)82-81-22-18-52(83(72,73)74)57(69)61-20-21-63-55(67)15-16-56(63)68/h5-12,15-16,23-26,29-30,32,43,48,52-53H,13-14,17-22,27-28,31,33-34H2,1-4H3,(H,61,69)(H,62,66)(H,72,73,74)(H,75,76,77)/t43-,48+,52?,53?/m1/s1. The van der Waals surface area contributed by atoms with Gasteiger partial charge in [0.15, 0.2) is 16.7 Å². The van der Waals surface area contributed by atoms with E-state index in [4.69, 9.17) is 14.2 Å². The number of carbonyl (C=O) groups is 6. The van der Waals surface area contributed by atoms with E-state index in [1.807, 2.05) is 61.2 Å². The lowest BCUT2D eigenvalue weighted by molar-refractivity contribution is -0.137. The van der Waals surface area contributed by atoms with Crippen LogP contribution in [0.4, 0.5) is 17.1 Å². The second-order valence-corrected chi connectivity index (χ2v) is 28.4. The van der Waals surface area contributed by atoms with E-state index < -0.39 is 59.2 Å². The van der Waals surface area contributed by atoms with Crippen molar-refractivity contribution in [2.45, 2.75) is 113 Å². The molecule has 5 aromatic rings. The van der Waals surface area contributed by atoms with Gasteiger partial charge in [0, 0.05) is 76.4 Å². The molecule has 84 heavy (non-hydrogen) atoms. The number of aryl methyl sites for hydroxylation is 2. The summed E-state index contributed by atoms with van der Waals surface area (Å²) in [7, 11) is -5.28. The van der Waals surface area contributed by atoms with E-state index in [0.717, 1.165) is 52.3 Å². The number of amides is 6. The summed E-state index contributed by atoms with van der Waals surface area (Å²) in [5.41, 5.74) is 7.80. The van der Waals surface area contributed by atoms with Crippen LogP contribution < -0.4 is 34.6 Å². The SMILES string of the molecule is COc1cc2c(cc1OCc1cc(COc3cc4c(cc3C)C(=O)N3c5ccccc5C[C@H]3C(S(=O)(=O)O)C4)cc(NC(=O)CCC(C)(C)SSCCC(C(=O)NCCN3C(=O)C=CC3=O)S(=O)(=O)O)c1)CC[C@@H]1Cc3ccccc3N1C2=O. The van der Waals surface area contributed by atoms with Crippen molar-refractivity contribution >= 4 is 94.3 Å². The molecule has 0 fully saturated rings. The van der Waals surface area contributed by atoms with Crippen molar-refractivity contribution in [3.8, 4) is 17.2 Å². The van der Waals surface area contributed by atoms with Gasteiger partial charge < -0.3 is 34.6 Å². The third-order valence-corrected chi connectivity index (χ3v) is 21.6. The molecule has 10 rings (SSSR count). The summed E-state index contributed by atoms with van der Waals surface area (Å²) in [6.07, 6.45) is 4.64. The number of anilines is 3. The summed E-state index contributed by atoms with van der Waals surface area (Å²) < 4.78 is 89.3. The van der Waals surface area contributed by atoms with Crippen molar-refractivity contribution in [1.29, 1.82) is 0 Å². The van der Waals surface area contributed by atoms with Crippen LogP contribution in [-0.4, -0.2) is 120 Å². The zero-order chi connectivity index (χ0) is 59.8. The van der Waals surface area contributed by atoms with Gasteiger partial charge in [-0.15, -0.1) is 0 Å². The first-order valence-corrected chi connectivity index (χ1v) is 32.7. The Morgan fingerprint density at radius 3 is 2.04 bits per heavy atom. The topological polar surface area (TPSA) is 273 Å². The lowest BCUT2D eigenvalue weighted by atomic mass is 9.97. The Balaban J connectivity index is 0.836. The summed E-state index contributed by atoms with van der Waals surface area (Å²) in [6.45, 7) is 5.18. The summed E-state index contributed by atoms with van der Waals surface area (Å²) >= 11 is 0. The predicted octanol–water partition coefficient (Wildman–Crippen LogP) is 7.63. The van der Waals surface area contributed by atoms with Crippen molar-refractivity contribution in [3.63, 3.8) is 0 Å². The first-order chi connectivity index (χ1) is 40.0. The predicted molar refractivity (Wildman–Crippen MR) is 319 cm³/mol. The highest BCUT2D eigenvalue weighted by Crippen LogP contribution is 2.44. The molecule has 4 N–H and O–H groups in total. The Morgan fingerprint density at radius 1 is 0.750 bits per heavy atom. The van der Waals surface area contributed by atoms with Gasteiger partial charge in [-0.2, -0.15) is 16.8 Å². The van der Waals surface area contributed by atoms with Crippen LogP contribution in [0.3, 0.4) is 0 Å². The minimum atomic E-state index is -4.81. The summed E-state index contributed by atoms with van der Waals surface area (Å²) in [6, 6.07) is 26.6. The van der Waals surface area contributed by atoms with Gasteiger partial charge in [-0.05, 0) is 159 Å². The molecular formula is C60H63N5O15S4. The fraction of sp³-hybridized carbons (Fsp3) is 0.367. The molecule has 24 heteroatoms. The van der Waals surface area contributed by atoms with Crippen molar-refractivity contribution in [1.82, 2.24) is 10.2 Å². The molecule has 0 aliphatic carbocycles. The van der Waals surface area contributed by atoms with Gasteiger partial charge in [-0.3, -0.25) is 42.8 Å². The van der Waals surface area contributed by atoms with Crippen LogP contribution in [0.2, 0.25) is 0 Å². The largest absolute Gasteiger partial charge is 0.493 e. The Hall–Kier alpha value is -7.22. The zero-order valence-corrected chi connectivity index (χ0v) is 49.8. The molecule has 0 aromatic heterocycles. The monoisotopic (exact) mass is 1220 g/mol. The van der Waals surface area contributed by atoms with Crippen LogP contribution in [0.15, 0.2) is 103 Å². The van der Waals surface area contributed by atoms with Crippen LogP contribution in [0.5, 0.6) is 17.2 Å². The maximum Gasteiger partial charge on any atom is 0.276 e. The van der Waals surface area contributed by atoms with Gasteiger partial charge in [0.1, 0.15) is 24.2 Å². The number of rotatable bonds is 22. The fourth-order valence-electron chi connectivity index (χ4n) is 11.5. The first kappa shape index (κ1) is 59.9. The minimum Gasteiger partial charge on any atom is -0.493 e. The molecule has 0 bridgehead atoms. The van der Waals surface area contributed by atoms with Gasteiger partial charge in [0.2, 0.25) is 11.8 Å². The number of para-hydroxylation sites is 2. The summed E-state index contributed by atoms with van der Waals surface area (Å²) in [5, 5.41) is 2.30. The van der Waals surface area contributed by atoms with Gasteiger partial charge in [-0.1, -0.05) is 58.0 Å². The van der Waals surface area contributed by atoms with Crippen molar-refractivity contribution < 1.29 is 68.9 Å². The third-order valence-electron chi connectivity index (χ3n) is 15.8. The highest BCUT2D eigenvalue weighted by molar-refractivity contribution is 8.77. The van der Waals surface area contributed by atoms with E-state index in [1.165, 1.54) is 33.6 Å². The van der Waals surface area contributed by atoms with Gasteiger partial charge in [-0.25, -0.2) is 0 Å². The lowest BCUT2D eigenvalue weighted by Crippen LogP contribution is -2.47. The molecule has 5 aliphatic heterocycles. The van der Waals surface area contributed by atoms with Gasteiger partial charge in [0.05, 0.1) is 13.2 Å². The van der Waals surface area contributed by atoms with Crippen molar-refractivity contribution in [2.75, 3.05) is 41.1 Å². The normalized spacial score (nSPS) is 18.5. The van der Waals surface area contributed by atoms with Crippen LogP contribution in [-0.2, 0) is 78.3 Å². The Labute approximate surface area is 494 Å². The smallest absolute Gasteiger partial charge is 0.276 e. The summed E-state index contributed by atoms with van der Waals surface area (Å²) in [4.78, 5) is 83.2. The molecule has 0 radical (unpaired) electrons. The Bertz CT molecular complexity index is 3740. The van der Waals surface area contributed by atoms with Crippen molar-refractivity contribution in [2.24, 2.45) is 0 Å². The molecule has 20 nitrogen and oxygen atoms in total. The fourth-order valence-corrected chi connectivity index (χ4v) is 16.1. The number of hydrogen-bond donors (Lipinski definition) is 4. The average Bonchev–Trinajstić information content (AvgIpc) is 1.98. The van der Waals surface area contributed by atoms with Crippen LogP contribution in [0, 0.1) is 6.92 Å². The van der Waals surface area contributed by atoms with Gasteiger partial charge in [0.25, 0.3) is 43.9 Å². The Kier molecular flexibility index (Phi) is 17.4. The number of imide groups is 1.